The Labute approximate surface area is 111 Å². The van der Waals surface area contributed by atoms with Gasteiger partial charge in [0.1, 0.15) is 0 Å². The average molecular weight is 271 g/mol. The van der Waals surface area contributed by atoms with Crippen molar-refractivity contribution in [3.05, 3.63) is 35.9 Å². The maximum atomic E-state index is 13.4. The lowest BCUT2D eigenvalue weighted by Gasteiger charge is -2.30. The van der Waals surface area contributed by atoms with Crippen LogP contribution in [0.4, 0.5) is 8.78 Å². The molecule has 0 bridgehead atoms. The molecule has 0 saturated carbocycles. The van der Waals surface area contributed by atoms with Gasteiger partial charge in [0.2, 0.25) is 0 Å². The van der Waals surface area contributed by atoms with E-state index < -0.39 is 18.4 Å². The van der Waals surface area contributed by atoms with E-state index in [0.717, 1.165) is 5.56 Å². The van der Waals surface area contributed by atoms with Crippen molar-refractivity contribution in [3.63, 3.8) is 0 Å². The van der Waals surface area contributed by atoms with Crippen LogP contribution < -0.4 is 0 Å². The molecule has 0 spiro atoms. The Morgan fingerprint density at radius 2 is 1.95 bits per heavy atom. The second-order valence-corrected chi connectivity index (χ2v) is 4.66. The zero-order valence-corrected chi connectivity index (χ0v) is 11.1. The molecule has 5 heteroatoms. The highest BCUT2D eigenvalue weighted by molar-refractivity contribution is 5.75. The molecular formula is C14H19F2NO2. The van der Waals surface area contributed by atoms with Gasteiger partial charge in [-0.25, -0.2) is 4.79 Å². The number of halogens is 2. The average Bonchev–Trinajstić information content (AvgIpc) is 2.37. The molecule has 1 atom stereocenters. The largest absolute Gasteiger partial charge is 0.477 e. The molecule has 0 fully saturated rings. The van der Waals surface area contributed by atoms with Crippen LogP contribution in [-0.4, -0.2) is 34.5 Å². The Morgan fingerprint density at radius 3 is 2.42 bits per heavy atom. The molecule has 0 heterocycles. The maximum absolute atomic E-state index is 13.4. The molecule has 1 N–H and O–H groups in total. The molecule has 0 radical (unpaired) electrons. The molecule has 0 aliphatic carbocycles. The SMILES string of the molecule is CCC(C)N(Cc1ccccc1)CC(F)(F)C(=O)O. The fourth-order valence-electron chi connectivity index (χ4n) is 1.77. The first kappa shape index (κ1) is 15.6. The minimum atomic E-state index is -3.72. The number of aliphatic carboxylic acids is 1. The zero-order chi connectivity index (χ0) is 14.5. The second-order valence-electron chi connectivity index (χ2n) is 4.66. The lowest BCUT2D eigenvalue weighted by molar-refractivity contribution is -0.168. The van der Waals surface area contributed by atoms with Crippen LogP contribution in [0.5, 0.6) is 0 Å². The van der Waals surface area contributed by atoms with E-state index >= 15 is 0 Å². The molecule has 0 aromatic heterocycles. The van der Waals surface area contributed by atoms with E-state index in [9.17, 15) is 13.6 Å². The van der Waals surface area contributed by atoms with Crippen molar-refractivity contribution in [1.29, 1.82) is 0 Å². The minimum Gasteiger partial charge on any atom is -0.477 e. The molecular weight excluding hydrogens is 252 g/mol. The normalized spacial score (nSPS) is 13.5. The van der Waals surface area contributed by atoms with Gasteiger partial charge in [0, 0.05) is 12.6 Å². The van der Waals surface area contributed by atoms with E-state index in [-0.39, 0.29) is 6.04 Å². The highest BCUT2D eigenvalue weighted by atomic mass is 19.3. The van der Waals surface area contributed by atoms with Crippen LogP contribution in [-0.2, 0) is 11.3 Å². The Hall–Kier alpha value is -1.49. The number of alkyl halides is 2. The Balaban J connectivity index is 2.81. The summed E-state index contributed by atoms with van der Waals surface area (Å²) in [5.74, 6) is -5.80. The van der Waals surface area contributed by atoms with Crippen LogP contribution in [0.3, 0.4) is 0 Å². The van der Waals surface area contributed by atoms with Crippen LogP contribution in [0.25, 0.3) is 0 Å². The van der Waals surface area contributed by atoms with Crippen molar-refractivity contribution < 1.29 is 18.7 Å². The van der Waals surface area contributed by atoms with Gasteiger partial charge in [-0.3, -0.25) is 4.90 Å². The third kappa shape index (κ3) is 4.59. The predicted molar refractivity (Wildman–Crippen MR) is 69.2 cm³/mol. The summed E-state index contributed by atoms with van der Waals surface area (Å²) < 4.78 is 26.7. The van der Waals surface area contributed by atoms with Gasteiger partial charge in [-0.1, -0.05) is 37.3 Å². The molecule has 1 aromatic rings. The Morgan fingerprint density at radius 1 is 1.37 bits per heavy atom. The van der Waals surface area contributed by atoms with Crippen LogP contribution in [0.15, 0.2) is 30.3 Å². The summed E-state index contributed by atoms with van der Waals surface area (Å²) >= 11 is 0. The zero-order valence-electron chi connectivity index (χ0n) is 11.1. The Bertz CT molecular complexity index is 409. The summed E-state index contributed by atoms with van der Waals surface area (Å²) in [5.41, 5.74) is 0.893. The maximum Gasteiger partial charge on any atom is 0.375 e. The van der Waals surface area contributed by atoms with Crippen LogP contribution in [0, 0.1) is 0 Å². The van der Waals surface area contributed by atoms with Gasteiger partial charge in [-0.2, -0.15) is 8.78 Å². The minimum absolute atomic E-state index is 0.106. The predicted octanol–water partition coefficient (Wildman–Crippen LogP) is 3.01. The Kier molecular flexibility index (Phi) is 5.42. The van der Waals surface area contributed by atoms with E-state index in [1.807, 2.05) is 44.2 Å². The number of nitrogens with zero attached hydrogens (tertiary/aromatic N) is 1. The smallest absolute Gasteiger partial charge is 0.375 e. The molecule has 0 aliphatic rings. The van der Waals surface area contributed by atoms with Gasteiger partial charge in [0.15, 0.2) is 0 Å². The van der Waals surface area contributed by atoms with Crippen molar-refractivity contribution in [2.24, 2.45) is 0 Å². The first-order chi connectivity index (χ1) is 8.86. The molecule has 106 valence electrons. The summed E-state index contributed by atoms with van der Waals surface area (Å²) in [5, 5.41) is 8.53. The molecule has 1 rings (SSSR count). The number of carboxylic acid groups (broad SMARTS) is 1. The van der Waals surface area contributed by atoms with Gasteiger partial charge in [-0.15, -0.1) is 0 Å². The fraction of sp³-hybridized carbons (Fsp3) is 0.500. The highest BCUT2D eigenvalue weighted by Crippen LogP contribution is 2.20. The van der Waals surface area contributed by atoms with Crippen molar-refractivity contribution >= 4 is 5.97 Å². The standard InChI is InChI=1S/C14H19F2NO2/c1-3-11(2)17(10-14(15,16)13(18)19)9-12-7-5-4-6-8-12/h4-8,11H,3,9-10H2,1-2H3,(H,18,19). The van der Waals surface area contributed by atoms with Crippen molar-refractivity contribution in [3.8, 4) is 0 Å². The summed E-state index contributed by atoms with van der Waals surface area (Å²) in [4.78, 5) is 12.0. The summed E-state index contributed by atoms with van der Waals surface area (Å²) in [7, 11) is 0. The molecule has 3 nitrogen and oxygen atoms in total. The summed E-state index contributed by atoms with van der Waals surface area (Å²) in [6, 6.07) is 9.09. The van der Waals surface area contributed by atoms with Gasteiger partial charge >= 0.3 is 11.9 Å². The monoisotopic (exact) mass is 271 g/mol. The second kappa shape index (κ2) is 6.61. The van der Waals surface area contributed by atoms with Crippen molar-refractivity contribution in [2.45, 2.75) is 38.8 Å². The molecule has 19 heavy (non-hydrogen) atoms. The first-order valence-electron chi connectivity index (χ1n) is 6.26. The molecule has 0 aliphatic heterocycles. The van der Waals surface area contributed by atoms with Gasteiger partial charge < -0.3 is 5.11 Å². The lowest BCUT2D eigenvalue weighted by atomic mass is 10.1. The van der Waals surface area contributed by atoms with Crippen LogP contribution in [0.1, 0.15) is 25.8 Å². The number of carbonyl (C=O) groups is 1. The topological polar surface area (TPSA) is 40.5 Å². The fourth-order valence-corrected chi connectivity index (χ4v) is 1.77. The van der Waals surface area contributed by atoms with E-state index in [1.165, 1.54) is 4.90 Å². The summed E-state index contributed by atoms with van der Waals surface area (Å²) in [6.07, 6.45) is 0.683. The van der Waals surface area contributed by atoms with Crippen LogP contribution in [0.2, 0.25) is 0 Å². The van der Waals surface area contributed by atoms with E-state index in [1.54, 1.807) is 0 Å². The molecule has 1 aromatic carbocycles. The first-order valence-corrected chi connectivity index (χ1v) is 6.26. The van der Waals surface area contributed by atoms with E-state index in [4.69, 9.17) is 5.11 Å². The third-order valence-corrected chi connectivity index (χ3v) is 3.16. The van der Waals surface area contributed by atoms with Gasteiger partial charge in [0.05, 0.1) is 6.54 Å². The van der Waals surface area contributed by atoms with E-state index in [0.29, 0.717) is 13.0 Å². The van der Waals surface area contributed by atoms with Gasteiger partial charge in [-0.05, 0) is 18.9 Å². The van der Waals surface area contributed by atoms with Crippen molar-refractivity contribution in [1.82, 2.24) is 4.90 Å². The number of hydrogen-bond acceptors (Lipinski definition) is 2. The summed E-state index contributed by atoms with van der Waals surface area (Å²) in [6.45, 7) is 3.26. The quantitative estimate of drug-likeness (QED) is 0.828. The number of hydrogen-bond donors (Lipinski definition) is 1. The van der Waals surface area contributed by atoms with Crippen LogP contribution >= 0.6 is 0 Å². The third-order valence-electron chi connectivity index (χ3n) is 3.16. The number of rotatable bonds is 7. The number of carboxylic acids is 1. The lowest BCUT2D eigenvalue weighted by Crippen LogP contribution is -2.45. The van der Waals surface area contributed by atoms with Gasteiger partial charge in [0.25, 0.3) is 0 Å². The molecule has 0 amide bonds. The molecule has 0 saturated heterocycles. The van der Waals surface area contributed by atoms with E-state index in [2.05, 4.69) is 0 Å². The number of benzene rings is 1. The molecule has 1 unspecified atom stereocenters. The van der Waals surface area contributed by atoms with Crippen molar-refractivity contribution in [2.75, 3.05) is 6.54 Å². The highest BCUT2D eigenvalue weighted by Gasteiger charge is 2.41.